The predicted octanol–water partition coefficient (Wildman–Crippen LogP) is 3.12. The quantitative estimate of drug-likeness (QED) is 0.474. The van der Waals surface area contributed by atoms with E-state index in [1.807, 2.05) is 18.2 Å². The molecule has 164 valence electrons. The summed E-state index contributed by atoms with van der Waals surface area (Å²) in [4.78, 5) is 37.9. The number of thioether (sulfide) groups is 1. The molecule has 2 N–H and O–H groups in total. The minimum Gasteiger partial charge on any atom is -0.454 e. The number of anilines is 1. The molecule has 7 nitrogen and oxygen atoms in total. The van der Waals surface area contributed by atoms with Gasteiger partial charge in [0.15, 0.2) is 6.61 Å². The van der Waals surface area contributed by atoms with Crippen LogP contribution in [-0.2, 0) is 19.1 Å². The smallest absolute Gasteiger partial charge is 0.325 e. The highest BCUT2D eigenvalue weighted by Gasteiger charge is 2.54. The third-order valence-corrected chi connectivity index (χ3v) is 7.67. The second-order valence-corrected chi connectivity index (χ2v) is 10.0. The summed E-state index contributed by atoms with van der Waals surface area (Å²) in [5, 5.41) is 14.2. The Morgan fingerprint density at radius 2 is 1.74 bits per heavy atom. The average Bonchev–Trinajstić information content (AvgIpc) is 2.74. The number of carbonyl (C=O) groups is 3. The summed E-state index contributed by atoms with van der Waals surface area (Å²) in [5.74, 6) is 1.11. The van der Waals surface area contributed by atoms with E-state index in [2.05, 4.69) is 10.6 Å². The number of amides is 2. The maximum absolute atomic E-state index is 12.9. The number of esters is 1. The van der Waals surface area contributed by atoms with Crippen LogP contribution in [0.3, 0.4) is 0 Å². The summed E-state index contributed by atoms with van der Waals surface area (Å²) in [6, 6.07) is 9.18. The molecule has 4 fully saturated rings. The molecule has 1 aromatic carbocycles. The lowest BCUT2D eigenvalue weighted by atomic mass is 9.49. The summed E-state index contributed by atoms with van der Waals surface area (Å²) in [5.41, 5.74) is 0.260. The van der Waals surface area contributed by atoms with E-state index in [0.717, 1.165) is 24.2 Å². The Kier molecular flexibility index (Phi) is 6.51. The molecule has 0 atom stereocenters. The van der Waals surface area contributed by atoms with E-state index < -0.39 is 18.5 Å². The van der Waals surface area contributed by atoms with Gasteiger partial charge < -0.3 is 15.4 Å². The molecule has 0 spiro atoms. The van der Waals surface area contributed by atoms with E-state index in [1.54, 1.807) is 12.1 Å². The third kappa shape index (κ3) is 5.04. The maximum Gasteiger partial charge on any atom is 0.325 e. The van der Waals surface area contributed by atoms with E-state index >= 15 is 0 Å². The second kappa shape index (κ2) is 9.31. The number of ether oxygens (including phenoxy) is 1. The topological polar surface area (TPSA) is 108 Å². The monoisotopic (exact) mass is 441 g/mol. The minimum absolute atomic E-state index is 0.0311. The molecule has 0 unspecified atom stereocenters. The molecule has 0 aliphatic heterocycles. The van der Waals surface area contributed by atoms with E-state index in [0.29, 0.717) is 23.4 Å². The molecule has 0 radical (unpaired) electrons. The molecule has 2 amide bonds. The van der Waals surface area contributed by atoms with Gasteiger partial charge in [-0.1, -0.05) is 12.1 Å². The Hall–Kier alpha value is -2.53. The Balaban J connectivity index is 1.22. The summed E-state index contributed by atoms with van der Waals surface area (Å²) in [6.45, 7) is -0.647. The van der Waals surface area contributed by atoms with E-state index in [-0.39, 0.29) is 23.6 Å². The van der Waals surface area contributed by atoms with Crippen molar-refractivity contribution in [1.29, 1.82) is 5.26 Å². The van der Waals surface area contributed by atoms with Crippen molar-refractivity contribution in [2.45, 2.75) is 43.4 Å². The first kappa shape index (κ1) is 21.7. The van der Waals surface area contributed by atoms with Gasteiger partial charge in [-0.2, -0.15) is 5.26 Å². The summed E-state index contributed by atoms with van der Waals surface area (Å²) in [7, 11) is 0. The van der Waals surface area contributed by atoms with Crippen molar-refractivity contribution < 1.29 is 19.1 Å². The van der Waals surface area contributed by atoms with Crippen molar-refractivity contribution in [3.63, 3.8) is 0 Å². The molecular formula is C23H27N3O4S. The van der Waals surface area contributed by atoms with E-state index in [4.69, 9.17) is 10.00 Å². The zero-order valence-electron chi connectivity index (χ0n) is 17.4. The van der Waals surface area contributed by atoms with Crippen LogP contribution in [0.1, 0.15) is 38.5 Å². The summed E-state index contributed by atoms with van der Waals surface area (Å²) < 4.78 is 5.04. The lowest BCUT2D eigenvalue weighted by Crippen LogP contribution is -2.54. The number of rotatable bonds is 8. The molecule has 0 heterocycles. The van der Waals surface area contributed by atoms with Crippen LogP contribution in [0.2, 0.25) is 0 Å². The van der Waals surface area contributed by atoms with Gasteiger partial charge >= 0.3 is 5.97 Å². The highest BCUT2D eigenvalue weighted by molar-refractivity contribution is 7.99. The van der Waals surface area contributed by atoms with Crippen LogP contribution in [0.4, 0.5) is 5.69 Å². The van der Waals surface area contributed by atoms with Crippen molar-refractivity contribution in [2.75, 3.05) is 24.2 Å². The van der Waals surface area contributed by atoms with Crippen LogP contribution >= 0.6 is 11.8 Å². The molecule has 1 aromatic rings. The first-order valence-corrected chi connectivity index (χ1v) is 11.8. The second-order valence-electron chi connectivity index (χ2n) is 9.03. The number of para-hydroxylation sites is 1. The first-order chi connectivity index (χ1) is 15.0. The van der Waals surface area contributed by atoms with Crippen molar-refractivity contribution in [3.05, 3.63) is 24.3 Å². The minimum atomic E-state index is -0.625. The SMILES string of the molecule is N#CCSc1ccccc1NC(=O)COC(=O)CNC(=O)C12CC3CC(CC(C3)C1)C2. The highest BCUT2D eigenvalue weighted by atomic mass is 32.2. The fourth-order valence-corrected chi connectivity index (χ4v) is 6.59. The van der Waals surface area contributed by atoms with Crippen LogP contribution in [0.15, 0.2) is 29.2 Å². The van der Waals surface area contributed by atoms with E-state index in [9.17, 15) is 14.4 Å². The van der Waals surface area contributed by atoms with Crippen LogP contribution in [0, 0.1) is 34.5 Å². The molecule has 8 heteroatoms. The molecule has 4 aliphatic rings. The normalized spacial score (nSPS) is 27.9. The van der Waals surface area contributed by atoms with Crippen LogP contribution in [0.5, 0.6) is 0 Å². The molecular weight excluding hydrogens is 414 g/mol. The highest BCUT2D eigenvalue weighted by Crippen LogP contribution is 2.60. The number of nitrogens with one attached hydrogen (secondary N) is 2. The lowest BCUT2D eigenvalue weighted by Gasteiger charge is -2.55. The van der Waals surface area contributed by atoms with Gasteiger partial charge in [0.1, 0.15) is 6.54 Å². The van der Waals surface area contributed by atoms with Crippen LogP contribution < -0.4 is 10.6 Å². The van der Waals surface area contributed by atoms with Crippen LogP contribution in [-0.4, -0.2) is 36.7 Å². The van der Waals surface area contributed by atoms with Gasteiger partial charge in [0.05, 0.1) is 17.5 Å². The van der Waals surface area contributed by atoms with Crippen LogP contribution in [0.25, 0.3) is 0 Å². The molecule has 0 saturated heterocycles. The van der Waals surface area contributed by atoms with Gasteiger partial charge in [0, 0.05) is 10.3 Å². The zero-order chi connectivity index (χ0) is 21.8. The molecule has 5 rings (SSSR count). The van der Waals surface area contributed by atoms with Gasteiger partial charge in [-0.05, 0) is 68.4 Å². The third-order valence-electron chi connectivity index (χ3n) is 6.73. The van der Waals surface area contributed by atoms with Gasteiger partial charge in [-0.25, -0.2) is 0 Å². The van der Waals surface area contributed by atoms with Gasteiger partial charge in [-0.15, -0.1) is 11.8 Å². The predicted molar refractivity (Wildman–Crippen MR) is 116 cm³/mol. The zero-order valence-corrected chi connectivity index (χ0v) is 18.2. The molecule has 4 aliphatic carbocycles. The molecule has 31 heavy (non-hydrogen) atoms. The maximum atomic E-state index is 12.9. The van der Waals surface area contributed by atoms with Crippen molar-refractivity contribution >= 4 is 35.2 Å². The first-order valence-electron chi connectivity index (χ1n) is 10.8. The molecule has 0 aromatic heterocycles. The number of nitriles is 1. The standard InChI is InChI=1S/C23H27N3O4S/c24-5-6-31-19-4-2-1-3-18(19)26-20(27)14-30-21(28)13-25-22(29)23-10-15-7-16(11-23)9-17(8-15)12-23/h1-4,15-17H,6-14H2,(H,25,29)(H,26,27). The Bertz CT molecular complexity index is 875. The summed E-state index contributed by atoms with van der Waals surface area (Å²) in [6.07, 6.45) is 6.56. The van der Waals surface area contributed by atoms with Crippen molar-refractivity contribution in [3.8, 4) is 6.07 Å². The number of carbonyl (C=O) groups excluding carboxylic acids is 3. The fraction of sp³-hybridized carbons (Fsp3) is 0.565. The molecule has 4 saturated carbocycles. The Labute approximate surface area is 186 Å². The fourth-order valence-electron chi connectivity index (χ4n) is 5.92. The number of hydrogen-bond donors (Lipinski definition) is 2. The van der Waals surface area contributed by atoms with E-state index in [1.165, 1.54) is 31.0 Å². The molecule has 4 bridgehead atoms. The Morgan fingerprint density at radius 1 is 1.10 bits per heavy atom. The Morgan fingerprint density at radius 3 is 2.39 bits per heavy atom. The lowest BCUT2D eigenvalue weighted by molar-refractivity contribution is -0.152. The van der Waals surface area contributed by atoms with Crippen molar-refractivity contribution in [1.82, 2.24) is 5.32 Å². The van der Waals surface area contributed by atoms with Crippen molar-refractivity contribution in [2.24, 2.45) is 23.2 Å². The number of benzene rings is 1. The largest absolute Gasteiger partial charge is 0.454 e. The van der Waals surface area contributed by atoms with Gasteiger partial charge in [0.25, 0.3) is 5.91 Å². The number of nitrogens with zero attached hydrogens (tertiary/aromatic N) is 1. The number of hydrogen-bond acceptors (Lipinski definition) is 6. The summed E-state index contributed by atoms with van der Waals surface area (Å²) >= 11 is 1.32. The average molecular weight is 442 g/mol. The van der Waals surface area contributed by atoms with Gasteiger partial charge in [0.2, 0.25) is 5.91 Å². The van der Waals surface area contributed by atoms with Gasteiger partial charge in [-0.3, -0.25) is 14.4 Å².